The van der Waals surface area contributed by atoms with Gasteiger partial charge < -0.3 is 20.0 Å². The van der Waals surface area contributed by atoms with Gasteiger partial charge in [0.25, 0.3) is 0 Å². The normalized spacial score (nSPS) is 17.3. The van der Waals surface area contributed by atoms with Crippen molar-refractivity contribution >= 4 is 5.82 Å². The second-order valence-corrected chi connectivity index (χ2v) is 7.30. The molecule has 1 atom stereocenters. The zero-order valence-corrected chi connectivity index (χ0v) is 18.1. The number of benzene rings is 1. The van der Waals surface area contributed by atoms with Gasteiger partial charge in [-0.05, 0) is 31.8 Å². The number of allylic oxidation sites excluding steroid dienone is 1. The molecule has 1 fully saturated rings. The Morgan fingerprint density at radius 2 is 1.94 bits per heavy atom. The summed E-state index contributed by atoms with van der Waals surface area (Å²) in [5, 5.41) is 7.44. The highest BCUT2D eigenvalue weighted by Crippen LogP contribution is 2.36. The van der Waals surface area contributed by atoms with E-state index in [1.165, 1.54) is 18.5 Å². The number of aryl methyl sites for hydroxylation is 1. The maximum Gasteiger partial charge on any atom is 0.319 e. The van der Waals surface area contributed by atoms with Crippen LogP contribution in [0.2, 0.25) is 0 Å². The number of anilines is 1. The van der Waals surface area contributed by atoms with E-state index in [9.17, 15) is 0 Å². The Balaban J connectivity index is 0.00000112. The van der Waals surface area contributed by atoms with Crippen molar-refractivity contribution in [3.63, 3.8) is 0 Å². The highest BCUT2D eigenvalue weighted by molar-refractivity contribution is 5.58. The molecule has 3 heterocycles. The van der Waals surface area contributed by atoms with Crippen LogP contribution in [-0.2, 0) is 6.61 Å². The van der Waals surface area contributed by atoms with E-state index in [1.54, 1.807) is 0 Å². The molecule has 162 valence electrons. The van der Waals surface area contributed by atoms with Crippen molar-refractivity contribution in [2.45, 2.75) is 46.4 Å². The van der Waals surface area contributed by atoms with E-state index in [0.717, 1.165) is 17.0 Å². The van der Waals surface area contributed by atoms with Gasteiger partial charge in [-0.25, -0.2) is 10.4 Å². The molecule has 31 heavy (non-hydrogen) atoms. The van der Waals surface area contributed by atoms with Crippen LogP contribution in [-0.4, -0.2) is 21.3 Å². The minimum absolute atomic E-state index is 0.0181. The van der Waals surface area contributed by atoms with E-state index in [0.29, 0.717) is 23.5 Å². The smallest absolute Gasteiger partial charge is 0.319 e. The number of ether oxygens (including phenoxy) is 1. The summed E-state index contributed by atoms with van der Waals surface area (Å²) >= 11 is 0. The van der Waals surface area contributed by atoms with Gasteiger partial charge in [0.2, 0.25) is 0 Å². The first-order valence-electron chi connectivity index (χ1n) is 10.7. The largest absolute Gasteiger partial charge is 0.455 e. The first-order valence-corrected chi connectivity index (χ1v) is 10.7. The summed E-state index contributed by atoms with van der Waals surface area (Å²) in [6.07, 6.45) is 4.65. The minimum atomic E-state index is -0.0181. The van der Waals surface area contributed by atoms with Crippen LogP contribution in [0.3, 0.4) is 0 Å². The second-order valence-electron chi connectivity index (χ2n) is 7.30. The average molecular weight is 421 g/mol. The molecule has 1 aromatic carbocycles. The van der Waals surface area contributed by atoms with Crippen molar-refractivity contribution in [2.75, 3.05) is 5.32 Å². The van der Waals surface area contributed by atoms with Crippen LogP contribution in [0.5, 0.6) is 6.01 Å². The number of nitrogens with one attached hydrogen (secondary N) is 3. The van der Waals surface area contributed by atoms with Gasteiger partial charge in [0.05, 0.1) is 0 Å². The van der Waals surface area contributed by atoms with Crippen LogP contribution in [0.1, 0.15) is 38.1 Å². The quantitative estimate of drug-likeness (QED) is 0.524. The SMILES string of the molecule is CC.Cc1cc(NC2C=C(C3CC3)NN2)nc(OCc2cc(-c3ccccc3)no2)n1. The fraction of sp³-hybridized carbons (Fsp3) is 0.348. The predicted octanol–water partition coefficient (Wildman–Crippen LogP) is 4.18. The van der Waals surface area contributed by atoms with E-state index in [2.05, 4.69) is 37.4 Å². The van der Waals surface area contributed by atoms with Crippen LogP contribution in [0.25, 0.3) is 11.3 Å². The van der Waals surface area contributed by atoms with Crippen molar-refractivity contribution < 1.29 is 9.26 Å². The van der Waals surface area contributed by atoms with E-state index in [-0.39, 0.29) is 12.8 Å². The third-order valence-electron chi connectivity index (χ3n) is 4.84. The Morgan fingerprint density at radius 3 is 2.71 bits per heavy atom. The molecule has 3 N–H and O–H groups in total. The number of rotatable bonds is 7. The molecule has 2 aliphatic rings. The fourth-order valence-electron chi connectivity index (χ4n) is 3.23. The highest BCUT2D eigenvalue weighted by atomic mass is 16.5. The number of hydrogen-bond acceptors (Lipinski definition) is 8. The Labute approximate surface area is 182 Å². The van der Waals surface area contributed by atoms with Gasteiger partial charge in [0, 0.05) is 29.1 Å². The monoisotopic (exact) mass is 420 g/mol. The molecule has 1 aliphatic carbocycles. The van der Waals surface area contributed by atoms with Crippen LogP contribution in [0, 0.1) is 12.8 Å². The summed E-state index contributed by atoms with van der Waals surface area (Å²) in [7, 11) is 0. The lowest BCUT2D eigenvalue weighted by Crippen LogP contribution is -2.37. The zero-order chi connectivity index (χ0) is 21.6. The molecular weight excluding hydrogens is 392 g/mol. The van der Waals surface area contributed by atoms with Crippen molar-refractivity contribution in [3.8, 4) is 17.3 Å². The Morgan fingerprint density at radius 1 is 1.13 bits per heavy atom. The molecular formula is C23H28N6O2. The van der Waals surface area contributed by atoms with Crippen LogP contribution < -0.4 is 20.9 Å². The van der Waals surface area contributed by atoms with Crippen LogP contribution in [0.4, 0.5) is 5.82 Å². The van der Waals surface area contributed by atoms with Crippen molar-refractivity contribution in [1.82, 2.24) is 26.0 Å². The lowest BCUT2D eigenvalue weighted by atomic mass is 10.1. The summed E-state index contributed by atoms with van der Waals surface area (Å²) in [4.78, 5) is 8.81. The average Bonchev–Trinajstić information content (AvgIpc) is 3.35. The fourth-order valence-corrected chi connectivity index (χ4v) is 3.23. The van der Waals surface area contributed by atoms with Gasteiger partial charge in [-0.2, -0.15) is 4.98 Å². The van der Waals surface area contributed by atoms with Crippen molar-refractivity contribution in [3.05, 3.63) is 65.7 Å². The third kappa shape index (κ3) is 5.40. The number of hydrogen-bond donors (Lipinski definition) is 3. The molecule has 3 aromatic rings. The molecule has 0 saturated heterocycles. The van der Waals surface area contributed by atoms with E-state index >= 15 is 0 Å². The summed E-state index contributed by atoms with van der Waals surface area (Å²) in [6.45, 7) is 6.12. The maximum atomic E-state index is 5.75. The molecule has 2 aromatic heterocycles. The number of nitrogens with zero attached hydrogens (tertiary/aromatic N) is 3. The third-order valence-corrected chi connectivity index (χ3v) is 4.84. The zero-order valence-electron chi connectivity index (χ0n) is 18.1. The van der Waals surface area contributed by atoms with Gasteiger partial charge in [0.15, 0.2) is 12.4 Å². The molecule has 1 unspecified atom stereocenters. The van der Waals surface area contributed by atoms with Crippen LogP contribution in [0.15, 0.2) is 58.8 Å². The number of aromatic nitrogens is 3. The first kappa shape index (κ1) is 20.9. The van der Waals surface area contributed by atoms with Crippen LogP contribution >= 0.6 is 0 Å². The molecule has 5 rings (SSSR count). The summed E-state index contributed by atoms with van der Waals surface area (Å²) < 4.78 is 11.1. The minimum Gasteiger partial charge on any atom is -0.455 e. The summed E-state index contributed by atoms with van der Waals surface area (Å²) in [5.74, 6) is 1.98. The topological polar surface area (TPSA) is 97.1 Å². The highest BCUT2D eigenvalue weighted by Gasteiger charge is 2.29. The van der Waals surface area contributed by atoms with E-state index in [1.807, 2.05) is 63.2 Å². The molecule has 8 heteroatoms. The maximum absolute atomic E-state index is 5.75. The van der Waals surface area contributed by atoms with Gasteiger partial charge in [-0.3, -0.25) is 0 Å². The van der Waals surface area contributed by atoms with E-state index in [4.69, 9.17) is 9.26 Å². The van der Waals surface area contributed by atoms with E-state index < -0.39 is 0 Å². The van der Waals surface area contributed by atoms with Gasteiger partial charge in [-0.15, -0.1) is 0 Å². The molecule has 0 spiro atoms. The molecule has 1 aliphatic heterocycles. The molecule has 0 radical (unpaired) electrons. The van der Waals surface area contributed by atoms with Gasteiger partial charge in [0.1, 0.15) is 17.7 Å². The lowest BCUT2D eigenvalue weighted by molar-refractivity contribution is 0.233. The Bertz CT molecular complexity index is 1030. The Hall–Kier alpha value is -3.39. The van der Waals surface area contributed by atoms with Crippen molar-refractivity contribution in [1.29, 1.82) is 0 Å². The lowest BCUT2D eigenvalue weighted by Gasteiger charge is -2.13. The molecule has 1 saturated carbocycles. The van der Waals surface area contributed by atoms with Crippen molar-refractivity contribution in [2.24, 2.45) is 5.92 Å². The number of hydrazine groups is 1. The summed E-state index contributed by atoms with van der Waals surface area (Å²) in [5.41, 5.74) is 10.3. The second kappa shape index (κ2) is 9.61. The molecule has 0 amide bonds. The predicted molar refractivity (Wildman–Crippen MR) is 119 cm³/mol. The van der Waals surface area contributed by atoms with Gasteiger partial charge in [-0.1, -0.05) is 49.3 Å². The summed E-state index contributed by atoms with van der Waals surface area (Å²) in [6, 6.07) is 13.9. The molecule has 0 bridgehead atoms. The first-order chi connectivity index (χ1) is 15.2. The Kier molecular flexibility index (Phi) is 6.47. The standard InChI is InChI=1S/C21H22N6O2.C2H6/c1-13-9-19(23-20-11-17(25-26-20)15-7-8-15)24-21(22-13)28-12-16-10-18(27-29-16)14-5-3-2-4-6-14;1-2/h2-6,9-11,15,20,25-26H,7-8,12H2,1H3,(H,22,23,24);1-2H3. The van der Waals surface area contributed by atoms with Gasteiger partial charge >= 0.3 is 6.01 Å². The molecule has 8 nitrogen and oxygen atoms in total.